The van der Waals surface area contributed by atoms with E-state index >= 15 is 0 Å². The van der Waals surface area contributed by atoms with Gasteiger partial charge >= 0.3 is 0 Å². The molecule has 0 bridgehead atoms. The van der Waals surface area contributed by atoms with Crippen LogP contribution in [0.15, 0.2) is 61.7 Å². The molecule has 0 unspecified atom stereocenters. The van der Waals surface area contributed by atoms with E-state index in [0.717, 1.165) is 29.8 Å². The fourth-order valence-corrected chi connectivity index (χ4v) is 2.44. The van der Waals surface area contributed by atoms with Crippen molar-refractivity contribution in [3.05, 3.63) is 83.9 Å². The number of nitrogens with zero attached hydrogens (tertiary/aromatic N) is 1. The summed E-state index contributed by atoms with van der Waals surface area (Å²) in [6.07, 6.45) is 3.64. The highest BCUT2D eigenvalue weighted by molar-refractivity contribution is 5.47. The first-order valence-corrected chi connectivity index (χ1v) is 8.17. The van der Waals surface area contributed by atoms with Crippen molar-refractivity contribution in [2.45, 2.75) is 13.1 Å². The Balaban J connectivity index is 1.73. The zero-order valence-electron chi connectivity index (χ0n) is 14.0. The van der Waals surface area contributed by atoms with Crippen molar-refractivity contribution < 1.29 is 4.39 Å². The zero-order chi connectivity index (χ0) is 17.2. The van der Waals surface area contributed by atoms with Gasteiger partial charge in [0.05, 0.1) is 0 Å². The normalized spacial score (nSPS) is 10.8. The van der Waals surface area contributed by atoms with Gasteiger partial charge in [-0.15, -0.1) is 0 Å². The van der Waals surface area contributed by atoms with Crippen LogP contribution in [0, 0.1) is 0 Å². The Hall–Kier alpha value is -2.23. The Bertz CT molecular complexity index is 632. The van der Waals surface area contributed by atoms with Crippen molar-refractivity contribution in [3.63, 3.8) is 0 Å². The molecule has 1 N–H and O–H groups in total. The maximum absolute atomic E-state index is 13.2. The molecular formula is C21H25FN2. The van der Waals surface area contributed by atoms with Crippen LogP contribution in [0.5, 0.6) is 0 Å². The minimum Gasteiger partial charge on any atom is -0.311 e. The summed E-state index contributed by atoms with van der Waals surface area (Å²) in [4.78, 5) is 1.79. The maximum Gasteiger partial charge on any atom is 0.143 e. The van der Waals surface area contributed by atoms with Gasteiger partial charge < -0.3 is 5.32 Å². The number of rotatable bonds is 10. The second kappa shape index (κ2) is 9.81. The summed E-state index contributed by atoms with van der Waals surface area (Å²) in [7, 11) is 0. The Morgan fingerprint density at radius 1 is 0.875 bits per heavy atom. The minimum absolute atomic E-state index is 0.446. The standard InChI is InChI=1S/C21H25FN2/c1-3-18-5-9-20(10-6-18)15-23-13-14-24(17-22)16-21-11-7-19(4-2)8-12-21/h3-12,23H,1-2,13-17H2. The highest BCUT2D eigenvalue weighted by Crippen LogP contribution is 2.09. The van der Waals surface area contributed by atoms with Crippen LogP contribution in [0.4, 0.5) is 4.39 Å². The van der Waals surface area contributed by atoms with Crippen molar-refractivity contribution in [2.75, 3.05) is 19.9 Å². The fourth-order valence-electron chi connectivity index (χ4n) is 2.44. The van der Waals surface area contributed by atoms with Gasteiger partial charge in [0.15, 0.2) is 0 Å². The van der Waals surface area contributed by atoms with Gasteiger partial charge in [0.25, 0.3) is 0 Å². The summed E-state index contributed by atoms with van der Waals surface area (Å²) in [6.45, 7) is 9.86. The lowest BCUT2D eigenvalue weighted by Crippen LogP contribution is -2.31. The highest BCUT2D eigenvalue weighted by atomic mass is 19.1. The monoisotopic (exact) mass is 324 g/mol. The van der Waals surface area contributed by atoms with E-state index in [9.17, 15) is 4.39 Å². The maximum atomic E-state index is 13.2. The Kier molecular flexibility index (Phi) is 7.40. The molecule has 0 radical (unpaired) electrons. The molecule has 0 saturated heterocycles. The van der Waals surface area contributed by atoms with Crippen molar-refractivity contribution in [1.29, 1.82) is 0 Å². The summed E-state index contributed by atoms with van der Waals surface area (Å²) in [5.74, 6) is 0. The lowest BCUT2D eigenvalue weighted by Gasteiger charge is -2.19. The van der Waals surface area contributed by atoms with Crippen LogP contribution in [-0.2, 0) is 13.1 Å². The van der Waals surface area contributed by atoms with Crippen LogP contribution >= 0.6 is 0 Å². The molecule has 0 aliphatic heterocycles. The SMILES string of the molecule is C=Cc1ccc(CNCCN(CF)Cc2ccc(C=C)cc2)cc1. The Morgan fingerprint density at radius 2 is 1.42 bits per heavy atom. The van der Waals surface area contributed by atoms with E-state index in [1.165, 1.54) is 5.56 Å². The van der Waals surface area contributed by atoms with Crippen molar-refractivity contribution >= 4 is 12.2 Å². The van der Waals surface area contributed by atoms with Crippen LogP contribution in [0.2, 0.25) is 0 Å². The van der Waals surface area contributed by atoms with Crippen molar-refractivity contribution in [1.82, 2.24) is 10.2 Å². The second-order valence-electron chi connectivity index (χ2n) is 5.74. The predicted octanol–water partition coefficient (Wildman–Crippen LogP) is 4.49. The molecule has 0 heterocycles. The van der Waals surface area contributed by atoms with Crippen LogP contribution in [0.25, 0.3) is 12.2 Å². The summed E-state index contributed by atoms with van der Waals surface area (Å²) >= 11 is 0. The smallest absolute Gasteiger partial charge is 0.143 e. The van der Waals surface area contributed by atoms with Gasteiger partial charge in [0.1, 0.15) is 6.80 Å². The Morgan fingerprint density at radius 3 is 1.92 bits per heavy atom. The summed E-state index contributed by atoms with van der Waals surface area (Å²) in [5, 5.41) is 3.36. The van der Waals surface area contributed by atoms with E-state index in [1.807, 2.05) is 48.6 Å². The quantitative estimate of drug-likeness (QED) is 0.512. The van der Waals surface area contributed by atoms with Gasteiger partial charge in [0, 0.05) is 26.2 Å². The van der Waals surface area contributed by atoms with Crippen LogP contribution in [0.1, 0.15) is 22.3 Å². The van der Waals surface area contributed by atoms with Crippen molar-refractivity contribution in [2.24, 2.45) is 0 Å². The molecule has 24 heavy (non-hydrogen) atoms. The molecule has 0 aliphatic rings. The number of halogens is 1. The average Bonchev–Trinajstić information content (AvgIpc) is 2.65. The predicted molar refractivity (Wildman–Crippen MR) is 101 cm³/mol. The van der Waals surface area contributed by atoms with Crippen LogP contribution < -0.4 is 5.32 Å². The largest absolute Gasteiger partial charge is 0.311 e. The summed E-state index contributed by atoms with van der Waals surface area (Å²) < 4.78 is 13.2. The third-order valence-corrected chi connectivity index (χ3v) is 3.94. The number of benzene rings is 2. The van der Waals surface area contributed by atoms with E-state index in [-0.39, 0.29) is 0 Å². The Labute approximate surface area is 144 Å². The van der Waals surface area contributed by atoms with Gasteiger partial charge in [-0.05, 0) is 22.3 Å². The van der Waals surface area contributed by atoms with Gasteiger partial charge in [-0.2, -0.15) is 0 Å². The summed E-state index contributed by atoms with van der Waals surface area (Å²) in [6, 6.07) is 16.3. The molecule has 0 saturated carbocycles. The number of hydrogen-bond acceptors (Lipinski definition) is 2. The molecule has 2 aromatic carbocycles. The average molecular weight is 324 g/mol. The van der Waals surface area contributed by atoms with Gasteiger partial charge in [0.2, 0.25) is 0 Å². The molecule has 3 heteroatoms. The molecule has 0 aromatic heterocycles. The van der Waals surface area contributed by atoms with Gasteiger partial charge in [-0.25, -0.2) is 4.39 Å². The molecule has 0 spiro atoms. The van der Waals surface area contributed by atoms with E-state index in [1.54, 1.807) is 4.90 Å². The van der Waals surface area contributed by atoms with Crippen LogP contribution in [0.3, 0.4) is 0 Å². The number of nitrogens with one attached hydrogen (secondary N) is 1. The molecule has 0 amide bonds. The molecular weight excluding hydrogens is 299 g/mol. The first-order valence-electron chi connectivity index (χ1n) is 8.17. The third-order valence-electron chi connectivity index (χ3n) is 3.94. The minimum atomic E-state index is -0.446. The highest BCUT2D eigenvalue weighted by Gasteiger charge is 2.05. The van der Waals surface area contributed by atoms with Gasteiger partial charge in [-0.1, -0.05) is 73.8 Å². The van der Waals surface area contributed by atoms with Crippen molar-refractivity contribution in [3.8, 4) is 0 Å². The van der Waals surface area contributed by atoms with E-state index in [4.69, 9.17) is 0 Å². The molecule has 2 aromatic rings. The molecule has 0 atom stereocenters. The zero-order valence-corrected chi connectivity index (χ0v) is 14.0. The lowest BCUT2D eigenvalue weighted by molar-refractivity contribution is 0.178. The third kappa shape index (κ3) is 5.76. The first-order chi connectivity index (χ1) is 11.7. The molecule has 2 nitrogen and oxygen atoms in total. The van der Waals surface area contributed by atoms with E-state index in [0.29, 0.717) is 13.1 Å². The first kappa shape index (κ1) is 18.1. The van der Waals surface area contributed by atoms with Crippen LogP contribution in [-0.4, -0.2) is 24.8 Å². The summed E-state index contributed by atoms with van der Waals surface area (Å²) in [5.41, 5.74) is 4.52. The molecule has 126 valence electrons. The molecule has 0 fully saturated rings. The number of alkyl halides is 1. The molecule has 0 aliphatic carbocycles. The fraction of sp³-hybridized carbons (Fsp3) is 0.238. The number of hydrogen-bond donors (Lipinski definition) is 1. The van der Waals surface area contributed by atoms with E-state index in [2.05, 4.69) is 30.6 Å². The van der Waals surface area contributed by atoms with E-state index < -0.39 is 6.80 Å². The van der Waals surface area contributed by atoms with Gasteiger partial charge in [-0.3, -0.25) is 4.90 Å². The topological polar surface area (TPSA) is 15.3 Å². The molecule has 2 rings (SSSR count). The lowest BCUT2D eigenvalue weighted by atomic mass is 10.1. The second-order valence-corrected chi connectivity index (χ2v) is 5.74.